The summed E-state index contributed by atoms with van der Waals surface area (Å²) in [4.78, 5) is 13.5. The second kappa shape index (κ2) is 7.09. The number of nitrogens with zero attached hydrogens (tertiary/aromatic N) is 2. The molecular formula is C11H23N3O2. The summed E-state index contributed by atoms with van der Waals surface area (Å²) in [6.07, 6.45) is 1.89. The maximum absolute atomic E-state index is 11.9. The van der Waals surface area contributed by atoms with Gasteiger partial charge < -0.3 is 15.8 Å². The van der Waals surface area contributed by atoms with Gasteiger partial charge in [0.1, 0.15) is 5.84 Å². The molecule has 3 N–H and O–H groups in total. The van der Waals surface area contributed by atoms with Gasteiger partial charge in [-0.15, -0.1) is 0 Å². The maximum Gasteiger partial charge on any atom is 0.225 e. The van der Waals surface area contributed by atoms with E-state index < -0.39 is 0 Å². The molecule has 2 atom stereocenters. The third kappa shape index (κ3) is 4.51. The molecule has 0 aliphatic rings. The van der Waals surface area contributed by atoms with Crippen molar-refractivity contribution in [3.63, 3.8) is 0 Å². The van der Waals surface area contributed by atoms with Crippen molar-refractivity contribution in [3.05, 3.63) is 0 Å². The number of rotatable bonds is 6. The molecule has 0 aliphatic carbocycles. The van der Waals surface area contributed by atoms with Gasteiger partial charge in [-0.1, -0.05) is 32.3 Å². The van der Waals surface area contributed by atoms with Gasteiger partial charge >= 0.3 is 0 Å². The van der Waals surface area contributed by atoms with E-state index in [1.165, 1.54) is 0 Å². The average molecular weight is 229 g/mol. The first-order valence-corrected chi connectivity index (χ1v) is 5.66. The summed E-state index contributed by atoms with van der Waals surface area (Å²) >= 11 is 0. The number of amidine groups is 1. The van der Waals surface area contributed by atoms with Gasteiger partial charge in [0, 0.05) is 25.4 Å². The van der Waals surface area contributed by atoms with Crippen molar-refractivity contribution in [3.8, 4) is 0 Å². The third-order valence-corrected chi connectivity index (χ3v) is 2.69. The fourth-order valence-corrected chi connectivity index (χ4v) is 1.63. The molecule has 0 aromatic rings. The van der Waals surface area contributed by atoms with Crippen LogP contribution in [0.5, 0.6) is 0 Å². The van der Waals surface area contributed by atoms with Gasteiger partial charge in [0.2, 0.25) is 5.91 Å². The van der Waals surface area contributed by atoms with Crippen LogP contribution in [-0.4, -0.2) is 35.4 Å². The largest absolute Gasteiger partial charge is 0.409 e. The molecule has 5 nitrogen and oxygen atoms in total. The van der Waals surface area contributed by atoms with Crippen LogP contribution in [0.15, 0.2) is 5.16 Å². The average Bonchev–Trinajstić information content (AvgIpc) is 2.26. The van der Waals surface area contributed by atoms with E-state index in [1.807, 2.05) is 13.8 Å². The third-order valence-electron chi connectivity index (χ3n) is 2.69. The predicted octanol–water partition coefficient (Wildman–Crippen LogP) is 1.26. The molecule has 2 unspecified atom stereocenters. The zero-order valence-corrected chi connectivity index (χ0v) is 10.6. The Bertz CT molecular complexity index is 254. The molecule has 0 spiro atoms. The first-order valence-electron chi connectivity index (χ1n) is 5.66. The highest BCUT2D eigenvalue weighted by atomic mass is 16.4. The number of carbonyl (C=O) groups excluding carboxylic acids is 1. The van der Waals surface area contributed by atoms with Gasteiger partial charge in [0.05, 0.1) is 0 Å². The molecule has 16 heavy (non-hydrogen) atoms. The molecule has 1 amide bonds. The van der Waals surface area contributed by atoms with Crippen molar-refractivity contribution in [1.29, 1.82) is 0 Å². The SMILES string of the molecule is CCCC(C)C(=O)N(C)CC(C)C(N)=NO. The standard InChI is InChI=1S/C11H23N3O2/c1-5-6-8(2)11(15)14(4)7-9(3)10(12)13-16/h8-9,16H,5-7H2,1-4H3,(H2,12,13). The summed E-state index contributed by atoms with van der Waals surface area (Å²) in [6.45, 7) is 6.28. The van der Waals surface area contributed by atoms with Crippen LogP contribution in [0.2, 0.25) is 0 Å². The minimum absolute atomic E-state index is 0.0366. The zero-order valence-electron chi connectivity index (χ0n) is 10.6. The van der Waals surface area contributed by atoms with Gasteiger partial charge in [-0.05, 0) is 6.42 Å². The van der Waals surface area contributed by atoms with E-state index in [0.717, 1.165) is 12.8 Å². The Kier molecular flexibility index (Phi) is 6.53. The minimum atomic E-state index is -0.132. The maximum atomic E-state index is 11.9. The molecule has 0 aromatic heterocycles. The van der Waals surface area contributed by atoms with Crippen LogP contribution in [-0.2, 0) is 4.79 Å². The molecule has 0 heterocycles. The van der Waals surface area contributed by atoms with Gasteiger partial charge in [-0.2, -0.15) is 0 Å². The summed E-state index contributed by atoms with van der Waals surface area (Å²) in [7, 11) is 1.75. The molecule has 94 valence electrons. The topological polar surface area (TPSA) is 78.9 Å². The monoisotopic (exact) mass is 229 g/mol. The van der Waals surface area contributed by atoms with E-state index in [4.69, 9.17) is 10.9 Å². The number of nitrogens with two attached hydrogens (primary N) is 1. The fourth-order valence-electron chi connectivity index (χ4n) is 1.63. The molecule has 0 radical (unpaired) electrons. The molecule has 5 heteroatoms. The Hall–Kier alpha value is -1.26. The van der Waals surface area contributed by atoms with Gasteiger partial charge in [0.15, 0.2) is 0 Å². The van der Waals surface area contributed by atoms with Crippen molar-refractivity contribution in [2.75, 3.05) is 13.6 Å². The summed E-state index contributed by atoms with van der Waals surface area (Å²) in [5.74, 6) is 0.171. The van der Waals surface area contributed by atoms with E-state index >= 15 is 0 Å². The first kappa shape index (κ1) is 14.7. The van der Waals surface area contributed by atoms with Crippen LogP contribution in [0, 0.1) is 11.8 Å². The second-order valence-electron chi connectivity index (χ2n) is 4.33. The number of oxime groups is 1. The molecule has 0 aromatic carbocycles. The number of carbonyl (C=O) groups is 1. The van der Waals surface area contributed by atoms with E-state index in [9.17, 15) is 4.79 Å². The molecule has 0 aliphatic heterocycles. The summed E-state index contributed by atoms with van der Waals surface area (Å²) < 4.78 is 0. The lowest BCUT2D eigenvalue weighted by Gasteiger charge is -2.23. The van der Waals surface area contributed by atoms with Gasteiger partial charge in [-0.3, -0.25) is 4.79 Å². The van der Waals surface area contributed by atoms with Gasteiger partial charge in [0.25, 0.3) is 0 Å². The second-order valence-corrected chi connectivity index (χ2v) is 4.33. The van der Waals surface area contributed by atoms with Crippen molar-refractivity contribution in [2.24, 2.45) is 22.7 Å². The smallest absolute Gasteiger partial charge is 0.225 e. The molecule has 0 bridgehead atoms. The summed E-state index contributed by atoms with van der Waals surface area (Å²) in [6, 6.07) is 0. The van der Waals surface area contributed by atoms with Crippen molar-refractivity contribution < 1.29 is 10.0 Å². The zero-order chi connectivity index (χ0) is 12.7. The van der Waals surface area contributed by atoms with Crippen LogP contribution in [0.1, 0.15) is 33.6 Å². The highest BCUT2D eigenvalue weighted by molar-refractivity contribution is 5.83. The number of hydrogen-bond donors (Lipinski definition) is 2. The van der Waals surface area contributed by atoms with Crippen LogP contribution in [0.4, 0.5) is 0 Å². The normalized spacial score (nSPS) is 15.6. The van der Waals surface area contributed by atoms with E-state index in [-0.39, 0.29) is 23.6 Å². The molecular weight excluding hydrogens is 206 g/mol. The fraction of sp³-hybridized carbons (Fsp3) is 0.818. The number of amides is 1. The first-order chi connectivity index (χ1) is 7.43. The van der Waals surface area contributed by atoms with Gasteiger partial charge in [-0.25, -0.2) is 0 Å². The number of hydrogen-bond acceptors (Lipinski definition) is 3. The molecule has 0 saturated heterocycles. The predicted molar refractivity (Wildman–Crippen MR) is 64.3 cm³/mol. The summed E-state index contributed by atoms with van der Waals surface area (Å²) in [5, 5.41) is 11.4. The van der Waals surface area contributed by atoms with Crippen molar-refractivity contribution >= 4 is 11.7 Å². The van der Waals surface area contributed by atoms with Crippen LogP contribution in [0.3, 0.4) is 0 Å². The minimum Gasteiger partial charge on any atom is -0.409 e. The van der Waals surface area contributed by atoms with E-state index in [1.54, 1.807) is 11.9 Å². The van der Waals surface area contributed by atoms with E-state index in [2.05, 4.69) is 12.1 Å². The van der Waals surface area contributed by atoms with Crippen molar-refractivity contribution in [2.45, 2.75) is 33.6 Å². The Morgan fingerprint density at radius 2 is 2.00 bits per heavy atom. The van der Waals surface area contributed by atoms with Crippen LogP contribution in [0.25, 0.3) is 0 Å². The van der Waals surface area contributed by atoms with Crippen LogP contribution < -0.4 is 5.73 Å². The summed E-state index contributed by atoms with van der Waals surface area (Å²) in [5.41, 5.74) is 5.46. The Balaban J connectivity index is 4.25. The quantitative estimate of drug-likeness (QED) is 0.311. The Labute approximate surface area is 97.3 Å². The molecule has 0 saturated carbocycles. The van der Waals surface area contributed by atoms with E-state index in [0.29, 0.717) is 6.54 Å². The molecule has 0 rings (SSSR count). The van der Waals surface area contributed by atoms with Crippen molar-refractivity contribution in [1.82, 2.24) is 4.90 Å². The Morgan fingerprint density at radius 3 is 2.44 bits per heavy atom. The lowest BCUT2D eigenvalue weighted by Crippen LogP contribution is -2.38. The van der Waals surface area contributed by atoms with Crippen LogP contribution >= 0.6 is 0 Å². The lowest BCUT2D eigenvalue weighted by atomic mass is 10.0. The Morgan fingerprint density at radius 1 is 1.44 bits per heavy atom. The molecule has 0 fully saturated rings. The highest BCUT2D eigenvalue weighted by Gasteiger charge is 2.19. The lowest BCUT2D eigenvalue weighted by molar-refractivity contribution is -0.134. The highest BCUT2D eigenvalue weighted by Crippen LogP contribution is 2.10.